The molecule has 1 unspecified atom stereocenters. The molecule has 1 atom stereocenters. The third-order valence-corrected chi connectivity index (χ3v) is 3.42. The van der Waals surface area contributed by atoms with Crippen molar-refractivity contribution in [1.29, 1.82) is 0 Å². The lowest BCUT2D eigenvalue weighted by molar-refractivity contribution is -0.116. The molecule has 0 aromatic heterocycles. The minimum absolute atomic E-state index is 0.171. The van der Waals surface area contributed by atoms with Crippen LogP contribution in [0.15, 0.2) is 23.1 Å². The third-order valence-electron chi connectivity index (χ3n) is 2.16. The average molecular weight is 319 g/mol. The number of carbonyl (C=O) groups is 1. The zero-order valence-electron chi connectivity index (χ0n) is 9.47. The number of carbonyl (C=O) groups excluding carboxylic acids is 1. The maximum absolute atomic E-state index is 12.8. The summed E-state index contributed by atoms with van der Waals surface area (Å²) in [5.41, 5.74) is -5.40. The molecule has 0 spiro atoms. The van der Waals surface area contributed by atoms with Gasteiger partial charge < -0.3 is 0 Å². The molecule has 19 heavy (non-hydrogen) atoms. The van der Waals surface area contributed by atoms with Gasteiger partial charge in [-0.05, 0) is 36.4 Å². The molecule has 106 valence electrons. The Balaban J connectivity index is 3.19. The van der Waals surface area contributed by atoms with Crippen molar-refractivity contribution in [3.05, 3.63) is 29.3 Å². The third kappa shape index (κ3) is 4.65. The number of hydrogen-bond acceptors (Lipinski definition) is 2. The van der Waals surface area contributed by atoms with Crippen LogP contribution in [-0.4, -0.2) is 11.3 Å². The second kappa shape index (κ2) is 6.09. The minimum Gasteiger partial charge on any atom is -0.298 e. The van der Waals surface area contributed by atoms with Crippen LogP contribution in [0.25, 0.3) is 0 Å². The van der Waals surface area contributed by atoms with E-state index in [4.69, 9.17) is 11.6 Å². The van der Waals surface area contributed by atoms with Crippen LogP contribution in [0.3, 0.4) is 0 Å². The molecule has 0 aliphatic carbocycles. The zero-order chi connectivity index (χ0) is 14.8. The average Bonchev–Trinajstić information content (AvgIpc) is 2.25. The number of benzene rings is 1. The predicted octanol–water partition coefficient (Wildman–Crippen LogP) is 5.11. The molecule has 0 amide bonds. The SMILES string of the molecule is CC(=O)C(Cl)c1ccc(SC(F)(F)F)cc1C(F)F. The molecular weight excluding hydrogens is 311 g/mol. The van der Waals surface area contributed by atoms with Crippen LogP contribution < -0.4 is 0 Å². The highest BCUT2D eigenvalue weighted by molar-refractivity contribution is 8.00. The first-order valence-corrected chi connectivity index (χ1v) is 6.19. The standard InChI is InChI=1S/C11H8ClF5OS/c1-5(18)9(12)7-3-2-6(19-11(15,16)17)4-8(7)10(13)14/h2-4,9-10H,1H3. The summed E-state index contributed by atoms with van der Waals surface area (Å²) in [6.45, 7) is 1.12. The van der Waals surface area contributed by atoms with Crippen molar-refractivity contribution in [1.82, 2.24) is 0 Å². The summed E-state index contributed by atoms with van der Waals surface area (Å²) in [5.74, 6) is -0.556. The molecule has 1 aromatic rings. The number of rotatable bonds is 4. The van der Waals surface area contributed by atoms with E-state index in [1.54, 1.807) is 0 Å². The molecule has 1 rings (SSSR count). The van der Waals surface area contributed by atoms with Crippen LogP contribution in [0.4, 0.5) is 22.0 Å². The monoisotopic (exact) mass is 318 g/mol. The Morgan fingerprint density at radius 2 is 1.84 bits per heavy atom. The fourth-order valence-corrected chi connectivity index (χ4v) is 2.18. The lowest BCUT2D eigenvalue weighted by Gasteiger charge is -2.14. The van der Waals surface area contributed by atoms with Gasteiger partial charge >= 0.3 is 5.51 Å². The second-order valence-electron chi connectivity index (χ2n) is 3.61. The summed E-state index contributed by atoms with van der Waals surface area (Å²) in [6.07, 6.45) is -3.01. The topological polar surface area (TPSA) is 17.1 Å². The predicted molar refractivity (Wildman–Crippen MR) is 62.6 cm³/mol. The summed E-state index contributed by atoms with van der Waals surface area (Å²) in [4.78, 5) is 10.7. The number of Topliss-reactive ketones (excluding diaryl/α,β-unsaturated/α-hetero) is 1. The van der Waals surface area contributed by atoms with E-state index in [-0.39, 0.29) is 10.5 Å². The molecule has 0 saturated carbocycles. The molecule has 1 nitrogen and oxygen atoms in total. The number of alkyl halides is 6. The van der Waals surface area contributed by atoms with Crippen LogP contribution in [-0.2, 0) is 4.79 Å². The van der Waals surface area contributed by atoms with Gasteiger partial charge in [-0.2, -0.15) is 13.2 Å². The van der Waals surface area contributed by atoms with E-state index in [9.17, 15) is 26.7 Å². The first kappa shape index (κ1) is 16.2. The Bertz CT molecular complexity index is 475. The molecule has 0 saturated heterocycles. The molecule has 0 bridgehead atoms. The van der Waals surface area contributed by atoms with E-state index < -0.39 is 40.4 Å². The molecule has 0 aliphatic heterocycles. The number of thioether (sulfide) groups is 1. The zero-order valence-corrected chi connectivity index (χ0v) is 11.0. The smallest absolute Gasteiger partial charge is 0.298 e. The molecule has 0 N–H and O–H groups in total. The van der Waals surface area contributed by atoms with Gasteiger partial charge in [-0.25, -0.2) is 8.78 Å². The van der Waals surface area contributed by atoms with E-state index in [1.807, 2.05) is 0 Å². The maximum Gasteiger partial charge on any atom is 0.446 e. The van der Waals surface area contributed by atoms with Crippen LogP contribution >= 0.6 is 23.4 Å². The van der Waals surface area contributed by atoms with Crippen molar-refractivity contribution in [3.63, 3.8) is 0 Å². The lowest BCUT2D eigenvalue weighted by Crippen LogP contribution is -2.06. The molecular formula is C11H8ClF5OS. The van der Waals surface area contributed by atoms with Gasteiger partial charge in [0.2, 0.25) is 0 Å². The van der Waals surface area contributed by atoms with Crippen LogP contribution in [0, 0.1) is 0 Å². The van der Waals surface area contributed by atoms with Crippen molar-refractivity contribution in [3.8, 4) is 0 Å². The molecule has 0 fully saturated rings. The van der Waals surface area contributed by atoms with Crippen molar-refractivity contribution < 1.29 is 26.7 Å². The van der Waals surface area contributed by atoms with Crippen LogP contribution in [0.1, 0.15) is 29.9 Å². The van der Waals surface area contributed by atoms with E-state index in [0.717, 1.165) is 19.1 Å². The Labute approximate surface area is 115 Å². The minimum atomic E-state index is -4.57. The summed E-state index contributed by atoms with van der Waals surface area (Å²) in [5, 5.41) is -1.30. The van der Waals surface area contributed by atoms with Gasteiger partial charge in [0.25, 0.3) is 6.43 Å². The number of ketones is 1. The van der Waals surface area contributed by atoms with Gasteiger partial charge in [-0.1, -0.05) is 6.07 Å². The molecule has 1 aromatic carbocycles. The number of halogens is 6. The molecule has 8 heteroatoms. The normalized spacial score (nSPS) is 13.7. The summed E-state index contributed by atoms with van der Waals surface area (Å²) in [6, 6.07) is 2.74. The molecule has 0 heterocycles. The highest BCUT2D eigenvalue weighted by Gasteiger charge is 2.30. The summed E-state index contributed by atoms with van der Waals surface area (Å²) in [7, 11) is 0. The van der Waals surface area contributed by atoms with Gasteiger partial charge in [0.15, 0.2) is 5.78 Å². The molecule has 0 aliphatic rings. The largest absolute Gasteiger partial charge is 0.446 e. The van der Waals surface area contributed by atoms with Gasteiger partial charge in [-0.15, -0.1) is 11.6 Å². The Morgan fingerprint density at radius 1 is 1.26 bits per heavy atom. The van der Waals surface area contributed by atoms with Crippen molar-refractivity contribution >= 4 is 29.1 Å². The van der Waals surface area contributed by atoms with Crippen LogP contribution in [0.5, 0.6) is 0 Å². The highest BCUT2D eigenvalue weighted by atomic mass is 35.5. The Hall–Kier alpha value is -0.820. The van der Waals surface area contributed by atoms with E-state index in [0.29, 0.717) is 6.07 Å². The van der Waals surface area contributed by atoms with Gasteiger partial charge in [0.1, 0.15) is 5.38 Å². The van der Waals surface area contributed by atoms with Gasteiger partial charge in [-0.3, -0.25) is 4.79 Å². The van der Waals surface area contributed by atoms with Crippen molar-refractivity contribution in [2.75, 3.05) is 0 Å². The first-order valence-electron chi connectivity index (χ1n) is 4.94. The second-order valence-corrected chi connectivity index (χ2v) is 5.19. The maximum atomic E-state index is 12.8. The first-order chi connectivity index (χ1) is 8.61. The van der Waals surface area contributed by atoms with E-state index >= 15 is 0 Å². The van der Waals surface area contributed by atoms with Gasteiger partial charge in [0.05, 0.1) is 0 Å². The Morgan fingerprint density at radius 3 is 2.26 bits per heavy atom. The van der Waals surface area contributed by atoms with E-state index in [2.05, 4.69) is 0 Å². The highest BCUT2D eigenvalue weighted by Crippen LogP contribution is 2.40. The van der Waals surface area contributed by atoms with Crippen LogP contribution in [0.2, 0.25) is 0 Å². The van der Waals surface area contributed by atoms with Gasteiger partial charge in [0, 0.05) is 10.5 Å². The molecule has 0 radical (unpaired) electrons. The fraction of sp³-hybridized carbons (Fsp3) is 0.364. The van der Waals surface area contributed by atoms with Crippen molar-refractivity contribution in [2.24, 2.45) is 0 Å². The Kier molecular flexibility index (Phi) is 5.20. The summed E-state index contributed by atoms with van der Waals surface area (Å²) >= 11 is 5.16. The number of hydrogen-bond donors (Lipinski definition) is 0. The summed E-state index contributed by atoms with van der Waals surface area (Å²) < 4.78 is 62.1. The lowest BCUT2D eigenvalue weighted by atomic mass is 10.0. The fourth-order valence-electron chi connectivity index (χ4n) is 1.39. The van der Waals surface area contributed by atoms with E-state index in [1.165, 1.54) is 0 Å². The van der Waals surface area contributed by atoms with Crippen molar-refractivity contribution in [2.45, 2.75) is 29.1 Å². The quantitative estimate of drug-likeness (QED) is 0.436.